The summed E-state index contributed by atoms with van der Waals surface area (Å²) in [5, 5.41) is 12.4. The summed E-state index contributed by atoms with van der Waals surface area (Å²) < 4.78 is 0. The first-order valence-corrected chi connectivity index (χ1v) is 18.2. The van der Waals surface area contributed by atoms with Gasteiger partial charge in [-0.15, -0.1) is 6.42 Å². The number of terminal acetylenes is 1. The fourth-order valence-corrected chi connectivity index (χ4v) is 10.4. The van der Waals surface area contributed by atoms with Gasteiger partial charge in [0.1, 0.15) is 17.3 Å². The minimum atomic E-state index is -1.03. The molecule has 8 nitrogen and oxygen atoms in total. The van der Waals surface area contributed by atoms with Gasteiger partial charge in [0.15, 0.2) is 5.78 Å². The summed E-state index contributed by atoms with van der Waals surface area (Å²) in [6, 6.07) is 15.4. The van der Waals surface area contributed by atoms with E-state index in [2.05, 4.69) is 34.9 Å². The number of nitrogens with zero attached hydrogens (tertiary/aromatic N) is 4. The van der Waals surface area contributed by atoms with E-state index < -0.39 is 11.6 Å². The maximum atomic E-state index is 13.9. The van der Waals surface area contributed by atoms with E-state index in [9.17, 15) is 19.5 Å². The predicted octanol–water partition coefficient (Wildman–Crippen LogP) is 5.61. The zero-order valence-corrected chi connectivity index (χ0v) is 28.7. The molecular weight excluding hydrogens is 612 g/mol. The number of amides is 2. The smallest absolute Gasteiger partial charge is 0.273 e. The number of piperazine rings is 1. The SMILES string of the molecule is C#C[C@@]1(O)CC[C@H]2[C@@H]3CCc4cc(C(C)=O)c(N5CCN(C(=O)[C@@H]6CCCN6C(=O)c6ccc7ccccc7n6)CC5)cc4[C@H]3CC[C@@]21C. The van der Waals surface area contributed by atoms with Crippen LogP contribution in [0.5, 0.6) is 0 Å². The molecule has 254 valence electrons. The summed E-state index contributed by atoms with van der Waals surface area (Å²) in [5.41, 5.74) is 4.23. The molecular formula is C41H46N4O4. The van der Waals surface area contributed by atoms with Gasteiger partial charge in [-0.2, -0.15) is 0 Å². The van der Waals surface area contributed by atoms with E-state index in [1.807, 2.05) is 35.2 Å². The number of benzene rings is 2. The van der Waals surface area contributed by atoms with Gasteiger partial charge < -0.3 is 19.8 Å². The van der Waals surface area contributed by atoms with E-state index in [4.69, 9.17) is 6.42 Å². The summed E-state index contributed by atoms with van der Waals surface area (Å²) in [7, 11) is 0. The quantitative estimate of drug-likeness (QED) is 0.290. The lowest BCUT2D eigenvalue weighted by Gasteiger charge is -2.52. The van der Waals surface area contributed by atoms with Crippen molar-refractivity contribution in [2.24, 2.45) is 17.3 Å². The normalized spacial score (nSPS) is 30.8. The maximum Gasteiger partial charge on any atom is 0.273 e. The van der Waals surface area contributed by atoms with E-state index in [0.29, 0.717) is 69.0 Å². The van der Waals surface area contributed by atoms with Gasteiger partial charge in [0.05, 0.1) is 5.52 Å². The Labute approximate surface area is 288 Å². The van der Waals surface area contributed by atoms with Crippen LogP contribution >= 0.6 is 0 Å². The van der Waals surface area contributed by atoms with Crippen molar-refractivity contribution in [1.82, 2.24) is 14.8 Å². The fourth-order valence-electron chi connectivity index (χ4n) is 10.4. The van der Waals surface area contributed by atoms with Crippen molar-refractivity contribution in [1.29, 1.82) is 0 Å². The molecule has 49 heavy (non-hydrogen) atoms. The first-order valence-electron chi connectivity index (χ1n) is 18.2. The highest BCUT2D eigenvalue weighted by molar-refractivity contribution is 6.00. The van der Waals surface area contributed by atoms with Crippen molar-refractivity contribution in [3.05, 3.63) is 70.9 Å². The average molecular weight is 659 g/mol. The molecule has 3 aromatic rings. The number of pyridine rings is 1. The highest BCUT2D eigenvalue weighted by Crippen LogP contribution is 2.64. The van der Waals surface area contributed by atoms with Gasteiger partial charge in [0.25, 0.3) is 5.91 Å². The van der Waals surface area contributed by atoms with Crippen molar-refractivity contribution in [2.45, 2.75) is 82.8 Å². The number of para-hydroxylation sites is 1. The van der Waals surface area contributed by atoms with Crippen LogP contribution in [0.25, 0.3) is 10.9 Å². The Bertz CT molecular complexity index is 1890. The second-order valence-electron chi connectivity index (χ2n) is 15.4. The van der Waals surface area contributed by atoms with Crippen molar-refractivity contribution in [3.63, 3.8) is 0 Å². The van der Waals surface area contributed by atoms with Gasteiger partial charge in [0, 0.05) is 54.8 Å². The Balaban J connectivity index is 0.987. The summed E-state index contributed by atoms with van der Waals surface area (Å²) in [4.78, 5) is 51.0. The molecule has 2 aliphatic heterocycles. The van der Waals surface area contributed by atoms with Gasteiger partial charge in [-0.1, -0.05) is 37.1 Å². The number of carbonyl (C=O) groups is 3. The molecule has 6 atom stereocenters. The lowest BCUT2D eigenvalue weighted by Crippen LogP contribution is -2.54. The second kappa shape index (κ2) is 12.0. The van der Waals surface area contributed by atoms with Crippen LogP contribution in [0.2, 0.25) is 0 Å². The maximum absolute atomic E-state index is 13.9. The standard InChI is InChI=1S/C41H46N4O4/c1-4-41(49)18-16-33-30-13-11-28-24-31(26(2)46)37(25-32(28)29(30)15-17-40(33,41)3)43-20-22-44(23-21-43)39(48)36-10-7-19-45(36)38(47)35-14-12-27-8-5-6-9-34(27)42-35/h1,5-6,8-9,12,14,24-25,29-30,33,36,49H,7,10-11,13,15-23H2,2-3H3/t29-,30+,33-,36-,40-,41+/m0/s1. The van der Waals surface area contributed by atoms with Gasteiger partial charge in [-0.3, -0.25) is 14.4 Å². The molecule has 4 fully saturated rings. The van der Waals surface area contributed by atoms with Crippen LogP contribution in [-0.4, -0.2) is 81.9 Å². The monoisotopic (exact) mass is 658 g/mol. The average Bonchev–Trinajstić information content (AvgIpc) is 3.73. The van der Waals surface area contributed by atoms with Gasteiger partial charge in [-0.05, 0) is 111 Å². The molecule has 8 rings (SSSR count). The number of anilines is 1. The Kier molecular flexibility index (Phi) is 7.83. The molecule has 3 heterocycles. The first kappa shape index (κ1) is 32.0. The lowest BCUT2D eigenvalue weighted by molar-refractivity contribution is -0.135. The topological polar surface area (TPSA) is 94.0 Å². The molecule has 0 unspecified atom stereocenters. The highest BCUT2D eigenvalue weighted by Gasteiger charge is 2.61. The summed E-state index contributed by atoms with van der Waals surface area (Å²) >= 11 is 0. The molecule has 0 spiro atoms. The van der Waals surface area contributed by atoms with Crippen LogP contribution in [-0.2, 0) is 11.2 Å². The number of aliphatic hydroxyl groups is 1. The van der Waals surface area contributed by atoms with Crippen LogP contribution in [0.15, 0.2) is 48.5 Å². The molecule has 5 aliphatic rings. The van der Waals surface area contributed by atoms with Crippen LogP contribution in [0, 0.1) is 29.6 Å². The third-order valence-electron chi connectivity index (χ3n) is 13.2. The molecule has 8 heteroatoms. The van der Waals surface area contributed by atoms with Crippen molar-refractivity contribution < 1.29 is 19.5 Å². The van der Waals surface area contributed by atoms with E-state index in [1.54, 1.807) is 17.9 Å². The van der Waals surface area contributed by atoms with E-state index in [1.165, 1.54) is 11.1 Å². The van der Waals surface area contributed by atoms with Crippen LogP contribution in [0.1, 0.15) is 96.7 Å². The lowest BCUT2D eigenvalue weighted by atomic mass is 9.53. The highest BCUT2D eigenvalue weighted by atomic mass is 16.3. The number of fused-ring (bicyclic) bond motifs is 6. The van der Waals surface area contributed by atoms with E-state index in [0.717, 1.165) is 60.7 Å². The molecule has 1 aromatic heterocycles. The molecule has 2 saturated heterocycles. The molecule has 0 radical (unpaired) electrons. The number of ketones is 1. The number of aryl methyl sites for hydroxylation is 1. The van der Waals surface area contributed by atoms with Crippen LogP contribution in [0.3, 0.4) is 0 Å². The number of carbonyl (C=O) groups excluding carboxylic acids is 3. The molecule has 3 aliphatic carbocycles. The summed E-state index contributed by atoms with van der Waals surface area (Å²) in [6.07, 6.45) is 12.9. The Morgan fingerprint density at radius 3 is 2.53 bits per heavy atom. The number of Topliss-reactive ketones (excluding diaryl/α,β-unsaturated/α-hetero) is 1. The molecule has 0 bridgehead atoms. The zero-order chi connectivity index (χ0) is 34.1. The predicted molar refractivity (Wildman–Crippen MR) is 189 cm³/mol. The van der Waals surface area contributed by atoms with E-state index in [-0.39, 0.29) is 23.0 Å². The van der Waals surface area contributed by atoms with E-state index >= 15 is 0 Å². The second-order valence-corrected chi connectivity index (χ2v) is 15.4. The van der Waals surface area contributed by atoms with Crippen LogP contribution < -0.4 is 4.90 Å². The van der Waals surface area contributed by atoms with Gasteiger partial charge in [-0.25, -0.2) is 4.98 Å². The van der Waals surface area contributed by atoms with Crippen molar-refractivity contribution in [2.75, 3.05) is 37.6 Å². The third-order valence-corrected chi connectivity index (χ3v) is 13.2. The number of hydrogen-bond donors (Lipinski definition) is 1. The Hall–Kier alpha value is -4.22. The number of hydrogen-bond acceptors (Lipinski definition) is 6. The summed E-state index contributed by atoms with van der Waals surface area (Å²) in [6.45, 7) is 6.74. The zero-order valence-electron chi connectivity index (χ0n) is 28.7. The molecule has 1 N–H and O–H groups in total. The van der Waals surface area contributed by atoms with Gasteiger partial charge >= 0.3 is 0 Å². The Morgan fingerprint density at radius 1 is 0.959 bits per heavy atom. The molecule has 2 aromatic carbocycles. The largest absolute Gasteiger partial charge is 0.377 e. The third kappa shape index (κ3) is 5.07. The Morgan fingerprint density at radius 2 is 1.76 bits per heavy atom. The summed E-state index contributed by atoms with van der Waals surface area (Å²) in [5.74, 6) is 3.91. The van der Waals surface area contributed by atoms with Crippen molar-refractivity contribution in [3.8, 4) is 12.3 Å². The number of rotatable bonds is 4. The molecule has 2 saturated carbocycles. The van der Waals surface area contributed by atoms with Crippen molar-refractivity contribution >= 4 is 34.2 Å². The molecule has 2 amide bonds. The van der Waals surface area contributed by atoms with Crippen LogP contribution in [0.4, 0.5) is 5.69 Å². The number of aromatic nitrogens is 1. The number of likely N-dealkylation sites (tertiary alicyclic amines) is 1. The fraction of sp³-hybridized carbons (Fsp3) is 0.512. The minimum absolute atomic E-state index is 0.000102. The minimum Gasteiger partial charge on any atom is -0.377 e. The van der Waals surface area contributed by atoms with Gasteiger partial charge in [0.2, 0.25) is 5.91 Å². The first-order chi connectivity index (χ1) is 23.6.